The van der Waals surface area contributed by atoms with Gasteiger partial charge in [0.15, 0.2) is 0 Å². The zero-order chi connectivity index (χ0) is 17.8. The Hall–Kier alpha value is -2.36. The number of nitrogens with zero attached hydrogens (tertiary/aromatic N) is 2. The molecule has 0 bridgehead atoms. The molecule has 0 spiro atoms. The second-order valence-electron chi connectivity index (χ2n) is 7.53. The first-order valence-corrected chi connectivity index (χ1v) is 9.82. The number of rotatable bonds is 4. The van der Waals surface area contributed by atoms with Gasteiger partial charge in [-0.3, -0.25) is 9.78 Å². The van der Waals surface area contributed by atoms with Crippen LogP contribution in [0.15, 0.2) is 48.8 Å². The van der Waals surface area contributed by atoms with E-state index in [-0.39, 0.29) is 0 Å². The predicted molar refractivity (Wildman–Crippen MR) is 104 cm³/mol. The Morgan fingerprint density at radius 3 is 2.77 bits per heavy atom. The van der Waals surface area contributed by atoms with Crippen molar-refractivity contribution in [2.75, 3.05) is 18.4 Å². The van der Waals surface area contributed by atoms with Gasteiger partial charge in [-0.15, -0.1) is 0 Å². The average molecular weight is 349 g/mol. The van der Waals surface area contributed by atoms with Gasteiger partial charge in [0, 0.05) is 37.9 Å². The molecule has 4 heteroatoms. The van der Waals surface area contributed by atoms with Gasteiger partial charge < -0.3 is 10.2 Å². The van der Waals surface area contributed by atoms with Crippen LogP contribution in [0.2, 0.25) is 0 Å². The first kappa shape index (κ1) is 17.1. The van der Waals surface area contributed by atoms with Crippen molar-refractivity contribution in [1.29, 1.82) is 0 Å². The van der Waals surface area contributed by atoms with Crippen LogP contribution in [0.4, 0.5) is 5.69 Å². The normalized spacial score (nSPS) is 20.5. The lowest BCUT2D eigenvalue weighted by molar-refractivity contribution is -0.132. The molecule has 1 saturated heterocycles. The Bertz CT molecular complexity index is 738. The summed E-state index contributed by atoms with van der Waals surface area (Å²) in [6.07, 6.45) is 9.81. The molecule has 0 radical (unpaired) electrons. The minimum absolute atomic E-state index is 0.325. The number of aryl methyl sites for hydroxylation is 1. The second-order valence-corrected chi connectivity index (χ2v) is 7.53. The van der Waals surface area contributed by atoms with Crippen molar-refractivity contribution in [3.8, 4) is 0 Å². The number of fused-ring (bicyclic) bond motifs is 1. The standard InChI is InChI=1S/C22H27N3O/c26-22(15-18-7-3-6-17-5-1-2-9-21(17)18)25-13-10-19(11-14-25)24-20-8-4-12-23-16-20/h1-2,4-5,8-9,12,16,18-19,24H,3,6-7,10-11,13-15H2/t18-/m1/s1. The summed E-state index contributed by atoms with van der Waals surface area (Å²) in [6, 6.07) is 13.1. The highest BCUT2D eigenvalue weighted by molar-refractivity contribution is 5.77. The molecule has 2 aliphatic rings. The maximum Gasteiger partial charge on any atom is 0.223 e. The topological polar surface area (TPSA) is 45.2 Å². The fourth-order valence-electron chi connectivity index (χ4n) is 4.36. The molecule has 0 unspecified atom stereocenters. The van der Waals surface area contributed by atoms with Crippen molar-refractivity contribution < 1.29 is 4.79 Å². The van der Waals surface area contributed by atoms with E-state index < -0.39 is 0 Å². The van der Waals surface area contributed by atoms with Crippen molar-refractivity contribution in [2.24, 2.45) is 0 Å². The molecule has 2 heterocycles. The number of hydrogen-bond donors (Lipinski definition) is 1. The molecule has 4 nitrogen and oxygen atoms in total. The van der Waals surface area contributed by atoms with Crippen LogP contribution < -0.4 is 5.32 Å². The van der Waals surface area contributed by atoms with Crippen LogP contribution in [-0.4, -0.2) is 34.9 Å². The number of hydrogen-bond acceptors (Lipinski definition) is 3. The maximum atomic E-state index is 12.8. The third kappa shape index (κ3) is 3.90. The zero-order valence-corrected chi connectivity index (χ0v) is 15.2. The molecule has 1 N–H and O–H groups in total. The molecular formula is C22H27N3O. The Morgan fingerprint density at radius 1 is 1.12 bits per heavy atom. The van der Waals surface area contributed by atoms with Crippen LogP contribution in [0.25, 0.3) is 0 Å². The summed E-state index contributed by atoms with van der Waals surface area (Å²) in [5, 5.41) is 3.53. The van der Waals surface area contributed by atoms with E-state index in [4.69, 9.17) is 0 Å². The van der Waals surface area contributed by atoms with Crippen molar-refractivity contribution in [3.63, 3.8) is 0 Å². The van der Waals surface area contributed by atoms with Gasteiger partial charge in [-0.25, -0.2) is 0 Å². The van der Waals surface area contributed by atoms with Crippen molar-refractivity contribution in [2.45, 2.75) is 50.5 Å². The van der Waals surface area contributed by atoms with E-state index in [0.29, 0.717) is 24.3 Å². The van der Waals surface area contributed by atoms with E-state index in [9.17, 15) is 4.79 Å². The Balaban J connectivity index is 1.30. The van der Waals surface area contributed by atoms with E-state index in [1.165, 1.54) is 17.5 Å². The molecule has 26 heavy (non-hydrogen) atoms. The molecule has 2 aromatic rings. The van der Waals surface area contributed by atoms with Gasteiger partial charge in [-0.05, 0) is 61.3 Å². The van der Waals surface area contributed by atoms with E-state index in [0.717, 1.165) is 44.5 Å². The SMILES string of the molecule is O=C(C[C@H]1CCCc2ccccc21)N1CCC(Nc2cccnc2)CC1. The van der Waals surface area contributed by atoms with E-state index >= 15 is 0 Å². The third-order valence-corrected chi connectivity index (χ3v) is 5.79. The van der Waals surface area contributed by atoms with Crippen molar-refractivity contribution in [1.82, 2.24) is 9.88 Å². The van der Waals surface area contributed by atoms with Crippen LogP contribution in [0, 0.1) is 0 Å². The van der Waals surface area contributed by atoms with Crippen LogP contribution in [-0.2, 0) is 11.2 Å². The molecule has 1 aliphatic heterocycles. The molecule has 136 valence electrons. The largest absolute Gasteiger partial charge is 0.381 e. The molecule has 4 rings (SSSR count). The number of pyridine rings is 1. The highest BCUT2D eigenvalue weighted by Crippen LogP contribution is 2.34. The lowest BCUT2D eigenvalue weighted by atomic mass is 9.81. The van der Waals surface area contributed by atoms with E-state index in [1.54, 1.807) is 6.20 Å². The second kappa shape index (κ2) is 7.90. The molecule has 0 saturated carbocycles. The smallest absolute Gasteiger partial charge is 0.223 e. The lowest BCUT2D eigenvalue weighted by Gasteiger charge is -2.34. The molecule has 1 fully saturated rings. The summed E-state index contributed by atoms with van der Waals surface area (Å²) >= 11 is 0. The Kier molecular flexibility index (Phi) is 5.19. The lowest BCUT2D eigenvalue weighted by Crippen LogP contribution is -2.42. The number of carbonyl (C=O) groups excluding carboxylic acids is 1. The number of likely N-dealkylation sites (tertiary alicyclic amines) is 1. The monoisotopic (exact) mass is 349 g/mol. The highest BCUT2D eigenvalue weighted by atomic mass is 16.2. The summed E-state index contributed by atoms with van der Waals surface area (Å²) in [5.74, 6) is 0.727. The molecule has 1 atom stereocenters. The summed E-state index contributed by atoms with van der Waals surface area (Å²) in [7, 11) is 0. The number of carbonyl (C=O) groups is 1. The molecule has 1 aliphatic carbocycles. The average Bonchev–Trinajstić information content (AvgIpc) is 2.70. The number of anilines is 1. The van der Waals surface area contributed by atoms with Gasteiger partial charge in [-0.1, -0.05) is 24.3 Å². The first-order chi connectivity index (χ1) is 12.8. The predicted octanol–water partition coefficient (Wildman–Crippen LogP) is 3.99. The number of benzene rings is 1. The molecule has 1 amide bonds. The zero-order valence-electron chi connectivity index (χ0n) is 15.2. The summed E-state index contributed by atoms with van der Waals surface area (Å²) in [5.41, 5.74) is 3.91. The molecule has 1 aromatic heterocycles. The minimum atomic E-state index is 0.325. The van der Waals surface area contributed by atoms with E-state index in [2.05, 4.69) is 39.5 Å². The molecular weight excluding hydrogens is 322 g/mol. The Morgan fingerprint density at radius 2 is 1.96 bits per heavy atom. The maximum absolute atomic E-state index is 12.8. The van der Waals surface area contributed by atoms with Crippen molar-refractivity contribution in [3.05, 3.63) is 59.9 Å². The van der Waals surface area contributed by atoms with Gasteiger partial charge in [0.1, 0.15) is 0 Å². The van der Waals surface area contributed by atoms with Gasteiger partial charge in [0.2, 0.25) is 5.91 Å². The van der Waals surface area contributed by atoms with Gasteiger partial charge >= 0.3 is 0 Å². The summed E-state index contributed by atoms with van der Waals surface area (Å²) in [4.78, 5) is 19.1. The first-order valence-electron chi connectivity index (χ1n) is 9.82. The third-order valence-electron chi connectivity index (χ3n) is 5.79. The van der Waals surface area contributed by atoms with Crippen LogP contribution in [0.5, 0.6) is 0 Å². The van der Waals surface area contributed by atoms with Gasteiger partial charge in [0.25, 0.3) is 0 Å². The number of aromatic nitrogens is 1. The van der Waals surface area contributed by atoms with Gasteiger partial charge in [0.05, 0.1) is 5.69 Å². The number of piperidine rings is 1. The van der Waals surface area contributed by atoms with E-state index in [1.807, 2.05) is 18.3 Å². The fourth-order valence-corrected chi connectivity index (χ4v) is 4.36. The fraction of sp³-hybridized carbons (Fsp3) is 0.455. The van der Waals surface area contributed by atoms with Gasteiger partial charge in [-0.2, -0.15) is 0 Å². The quantitative estimate of drug-likeness (QED) is 0.907. The summed E-state index contributed by atoms with van der Waals surface area (Å²) in [6.45, 7) is 1.70. The number of nitrogens with one attached hydrogen (secondary N) is 1. The highest BCUT2D eigenvalue weighted by Gasteiger charge is 2.27. The van der Waals surface area contributed by atoms with Crippen molar-refractivity contribution >= 4 is 11.6 Å². The number of amides is 1. The van der Waals surface area contributed by atoms with Crippen LogP contribution in [0.3, 0.4) is 0 Å². The van der Waals surface area contributed by atoms with Crippen LogP contribution in [0.1, 0.15) is 49.1 Å². The Labute approximate surface area is 155 Å². The summed E-state index contributed by atoms with van der Waals surface area (Å²) < 4.78 is 0. The van der Waals surface area contributed by atoms with Crippen LogP contribution >= 0.6 is 0 Å². The minimum Gasteiger partial charge on any atom is -0.381 e. The molecule has 1 aromatic carbocycles.